The summed E-state index contributed by atoms with van der Waals surface area (Å²) >= 11 is 0. The van der Waals surface area contributed by atoms with Crippen molar-refractivity contribution in [1.29, 1.82) is 0 Å². The van der Waals surface area contributed by atoms with Gasteiger partial charge in [0.05, 0.1) is 5.41 Å². The summed E-state index contributed by atoms with van der Waals surface area (Å²) in [6.45, 7) is 5.25. The molecule has 1 amide bonds. The maximum absolute atomic E-state index is 13.9. The molecule has 2 atom stereocenters. The molecule has 0 radical (unpaired) electrons. The predicted molar refractivity (Wildman–Crippen MR) is 125 cm³/mol. The summed E-state index contributed by atoms with van der Waals surface area (Å²) in [6, 6.07) is 9.29. The first kappa shape index (κ1) is 22.1. The average molecular weight is 431 g/mol. The van der Waals surface area contributed by atoms with Crippen molar-refractivity contribution < 1.29 is 4.79 Å². The summed E-state index contributed by atoms with van der Waals surface area (Å²) < 4.78 is 0. The topological polar surface area (TPSA) is 32.3 Å². The molecule has 1 aliphatic heterocycles. The fourth-order valence-electron chi connectivity index (χ4n) is 7.87. The van der Waals surface area contributed by atoms with Gasteiger partial charge in [0.1, 0.15) is 0 Å². The molecule has 1 aromatic rings. The molecule has 0 spiro atoms. The van der Waals surface area contributed by atoms with Crippen molar-refractivity contribution in [2.75, 3.05) is 26.7 Å². The van der Waals surface area contributed by atoms with Crippen molar-refractivity contribution in [3.8, 4) is 0 Å². The smallest absolute Gasteiger partial charge is 0.228 e. The second-order valence-electron chi connectivity index (χ2n) is 11.0. The minimum Gasteiger partial charge on any atom is -0.342 e. The molecule has 1 aromatic carbocycles. The van der Waals surface area contributed by atoms with E-state index < -0.39 is 0 Å². The van der Waals surface area contributed by atoms with E-state index in [0.29, 0.717) is 5.91 Å². The van der Waals surface area contributed by atoms with E-state index in [9.17, 15) is 4.79 Å². The second-order valence-corrected chi connectivity index (χ2v) is 11.0. The van der Waals surface area contributed by atoms with Crippen LogP contribution in [0.15, 0.2) is 24.3 Å². The van der Waals surface area contributed by atoms with Gasteiger partial charge in [-0.1, -0.05) is 29.8 Å². The molecule has 6 rings (SSSR count). The van der Waals surface area contributed by atoms with Gasteiger partial charge < -0.3 is 10.2 Å². The van der Waals surface area contributed by atoms with Gasteiger partial charge in [0.15, 0.2) is 0 Å². The van der Waals surface area contributed by atoms with Crippen molar-refractivity contribution in [3.63, 3.8) is 0 Å². The Hall–Kier alpha value is -1.06. The van der Waals surface area contributed by atoms with Crippen LogP contribution in [-0.2, 0) is 10.2 Å². The summed E-state index contributed by atoms with van der Waals surface area (Å²) in [5, 5.41) is 3.28. The monoisotopic (exact) mass is 430 g/mol. The molecule has 5 fully saturated rings. The lowest BCUT2D eigenvalue weighted by atomic mass is 9.42. The van der Waals surface area contributed by atoms with E-state index in [0.717, 1.165) is 56.7 Å². The first-order chi connectivity index (χ1) is 14.0. The third-order valence-corrected chi connectivity index (χ3v) is 8.88. The number of piperidine rings is 1. The molecule has 166 valence electrons. The third-order valence-electron chi connectivity index (χ3n) is 8.88. The lowest BCUT2D eigenvalue weighted by Crippen LogP contribution is -2.60. The number of nitrogens with zero attached hydrogens (tertiary/aromatic N) is 1. The molecule has 1 N–H and O–H groups in total. The molecule has 4 bridgehead atoms. The third kappa shape index (κ3) is 3.81. The molecule has 1 heterocycles. The lowest BCUT2D eigenvalue weighted by molar-refractivity contribution is -0.161. The van der Waals surface area contributed by atoms with Gasteiger partial charge in [-0.2, -0.15) is 0 Å². The van der Waals surface area contributed by atoms with Gasteiger partial charge in [-0.15, -0.1) is 12.4 Å². The molecule has 2 unspecified atom stereocenters. The number of halogens is 1. The normalized spacial score (nSPS) is 35.3. The standard InChI is InChI=1S/C26H38N2O.ClH/c1-19-3-5-23(6-4-19)25-14-21-13-22(15-25)17-26(16-21,18-25)24(29)28-11-8-20(9-12-28)7-10-27-2;/h3-6,20-22,27H,7-18H2,1-2H3;1H. The molecule has 3 nitrogen and oxygen atoms in total. The van der Waals surface area contributed by atoms with E-state index in [2.05, 4.69) is 41.4 Å². The van der Waals surface area contributed by atoms with Crippen LogP contribution in [0.25, 0.3) is 0 Å². The SMILES string of the molecule is CNCCC1CCN(C(=O)C23CC4CC(C2)CC(c2ccc(C)cc2)(C4)C3)CC1.Cl. The summed E-state index contributed by atoms with van der Waals surface area (Å²) in [7, 11) is 2.04. The van der Waals surface area contributed by atoms with Crippen LogP contribution in [0.5, 0.6) is 0 Å². The summed E-state index contributed by atoms with van der Waals surface area (Å²) in [4.78, 5) is 16.2. The fraction of sp³-hybridized carbons (Fsp3) is 0.731. The van der Waals surface area contributed by atoms with Crippen molar-refractivity contribution in [2.24, 2.45) is 23.2 Å². The van der Waals surface area contributed by atoms with Gasteiger partial charge >= 0.3 is 0 Å². The van der Waals surface area contributed by atoms with Crippen LogP contribution < -0.4 is 5.32 Å². The van der Waals surface area contributed by atoms with Crippen molar-refractivity contribution in [2.45, 2.75) is 70.1 Å². The average Bonchev–Trinajstić information content (AvgIpc) is 2.71. The Labute approximate surface area is 188 Å². The summed E-state index contributed by atoms with van der Waals surface area (Å²) in [5.74, 6) is 2.83. The van der Waals surface area contributed by atoms with Crippen molar-refractivity contribution in [1.82, 2.24) is 10.2 Å². The molecule has 4 aliphatic carbocycles. The van der Waals surface area contributed by atoms with Crippen LogP contribution in [0, 0.1) is 30.1 Å². The number of nitrogens with one attached hydrogen (secondary N) is 1. The number of carbonyl (C=O) groups excluding carboxylic acids is 1. The number of hydrogen-bond donors (Lipinski definition) is 1. The fourth-order valence-corrected chi connectivity index (χ4v) is 7.87. The Balaban J connectivity index is 0.00000218. The first-order valence-corrected chi connectivity index (χ1v) is 12.0. The van der Waals surface area contributed by atoms with Gasteiger partial charge in [-0.05, 0) is 107 Å². The number of likely N-dealkylation sites (tertiary alicyclic amines) is 1. The predicted octanol–water partition coefficient (Wildman–Crippen LogP) is 5.10. The van der Waals surface area contributed by atoms with Crippen LogP contribution in [0.2, 0.25) is 0 Å². The van der Waals surface area contributed by atoms with E-state index in [1.807, 2.05) is 7.05 Å². The van der Waals surface area contributed by atoms with Crippen LogP contribution in [0.4, 0.5) is 0 Å². The molecule has 0 aromatic heterocycles. The van der Waals surface area contributed by atoms with Gasteiger partial charge in [0.2, 0.25) is 5.91 Å². The molecule has 30 heavy (non-hydrogen) atoms. The first-order valence-electron chi connectivity index (χ1n) is 12.0. The molecular weight excluding hydrogens is 392 g/mol. The highest BCUT2D eigenvalue weighted by atomic mass is 35.5. The maximum atomic E-state index is 13.9. The number of benzene rings is 1. The van der Waals surface area contributed by atoms with E-state index in [1.165, 1.54) is 49.7 Å². The number of amides is 1. The Kier molecular flexibility index (Phi) is 6.25. The summed E-state index contributed by atoms with van der Waals surface area (Å²) in [5.41, 5.74) is 3.05. The zero-order valence-electron chi connectivity index (χ0n) is 18.8. The van der Waals surface area contributed by atoms with Crippen LogP contribution >= 0.6 is 12.4 Å². The second kappa shape index (κ2) is 8.47. The minimum atomic E-state index is -0.0627. The van der Waals surface area contributed by atoms with Crippen LogP contribution in [0.1, 0.15) is 68.9 Å². The van der Waals surface area contributed by atoms with E-state index in [1.54, 1.807) is 0 Å². The zero-order valence-corrected chi connectivity index (χ0v) is 19.6. The van der Waals surface area contributed by atoms with E-state index in [-0.39, 0.29) is 23.2 Å². The van der Waals surface area contributed by atoms with Gasteiger partial charge in [-0.25, -0.2) is 0 Å². The van der Waals surface area contributed by atoms with Gasteiger partial charge in [0, 0.05) is 13.1 Å². The quantitative estimate of drug-likeness (QED) is 0.704. The van der Waals surface area contributed by atoms with Crippen molar-refractivity contribution in [3.05, 3.63) is 35.4 Å². The number of aryl methyl sites for hydroxylation is 1. The Morgan fingerprint density at radius 1 is 1.07 bits per heavy atom. The molecule has 5 aliphatic rings. The molecule has 1 saturated heterocycles. The molecular formula is C26H39ClN2O. The van der Waals surface area contributed by atoms with E-state index >= 15 is 0 Å². The Bertz CT molecular complexity index is 739. The van der Waals surface area contributed by atoms with Gasteiger partial charge in [-0.3, -0.25) is 4.79 Å². The largest absolute Gasteiger partial charge is 0.342 e. The van der Waals surface area contributed by atoms with E-state index in [4.69, 9.17) is 0 Å². The minimum absolute atomic E-state index is 0. The zero-order chi connectivity index (χ0) is 20.1. The lowest BCUT2D eigenvalue weighted by Gasteiger charge is -2.62. The Morgan fingerprint density at radius 3 is 2.30 bits per heavy atom. The van der Waals surface area contributed by atoms with Crippen LogP contribution in [0.3, 0.4) is 0 Å². The highest BCUT2D eigenvalue weighted by Gasteiger charge is 2.61. The number of rotatable bonds is 5. The maximum Gasteiger partial charge on any atom is 0.228 e. The number of carbonyl (C=O) groups is 1. The highest BCUT2D eigenvalue weighted by molar-refractivity contribution is 5.85. The molecule has 4 heteroatoms. The van der Waals surface area contributed by atoms with Crippen molar-refractivity contribution >= 4 is 18.3 Å². The highest BCUT2D eigenvalue weighted by Crippen LogP contribution is 2.66. The summed E-state index contributed by atoms with van der Waals surface area (Å²) in [6.07, 6.45) is 11.1. The van der Waals surface area contributed by atoms with Gasteiger partial charge in [0.25, 0.3) is 0 Å². The molecule has 4 saturated carbocycles. The van der Waals surface area contributed by atoms with Crippen LogP contribution in [-0.4, -0.2) is 37.5 Å². The number of hydrogen-bond acceptors (Lipinski definition) is 2. The Morgan fingerprint density at radius 2 is 1.70 bits per heavy atom.